The molecule has 1 aliphatic heterocycles. The molecule has 1 aliphatic rings. The topological polar surface area (TPSA) is 75.4 Å². The van der Waals surface area contributed by atoms with Gasteiger partial charge in [-0.3, -0.25) is 9.59 Å². The maximum atomic E-state index is 12.4. The van der Waals surface area contributed by atoms with Gasteiger partial charge in [0.2, 0.25) is 5.91 Å². The average molecular weight is 347 g/mol. The molecule has 7 heteroatoms. The Morgan fingerprint density at radius 1 is 1.46 bits per heavy atom. The lowest BCUT2D eigenvalue weighted by Crippen LogP contribution is -2.44. The van der Waals surface area contributed by atoms with Crippen LogP contribution in [0.1, 0.15) is 36.7 Å². The van der Waals surface area contributed by atoms with Crippen molar-refractivity contribution in [3.63, 3.8) is 0 Å². The molecule has 1 N–H and O–H groups in total. The summed E-state index contributed by atoms with van der Waals surface area (Å²) in [6.45, 7) is 3.44. The standard InChI is InChI=1S/C17H21N3O3S/c1-2-12-11-20(16(22)14-4-3-8-23-14)7-5-13(12)10-15(21)19-17-18-6-9-24-17/h3-4,6,8-9,12-13H,2,5,7,10-11H2,1H3,(H,18,19,21)/t12-,13+/m1/s1. The molecule has 1 saturated heterocycles. The van der Waals surface area contributed by atoms with E-state index in [-0.39, 0.29) is 17.7 Å². The predicted molar refractivity (Wildman–Crippen MR) is 91.9 cm³/mol. The van der Waals surface area contributed by atoms with Crippen molar-refractivity contribution in [3.05, 3.63) is 35.7 Å². The molecular weight excluding hydrogens is 326 g/mol. The number of carbonyl (C=O) groups excluding carboxylic acids is 2. The molecule has 3 rings (SSSR count). The molecular formula is C17H21N3O3S. The van der Waals surface area contributed by atoms with Gasteiger partial charge in [-0.2, -0.15) is 0 Å². The van der Waals surface area contributed by atoms with Crippen molar-refractivity contribution >= 4 is 28.3 Å². The van der Waals surface area contributed by atoms with E-state index in [0.29, 0.717) is 36.3 Å². The van der Waals surface area contributed by atoms with Crippen LogP contribution in [0.4, 0.5) is 5.13 Å². The van der Waals surface area contributed by atoms with Crippen molar-refractivity contribution < 1.29 is 14.0 Å². The van der Waals surface area contributed by atoms with Gasteiger partial charge in [-0.15, -0.1) is 11.3 Å². The summed E-state index contributed by atoms with van der Waals surface area (Å²) in [5, 5.41) is 5.32. The lowest BCUT2D eigenvalue weighted by atomic mass is 9.81. The molecule has 2 amide bonds. The summed E-state index contributed by atoms with van der Waals surface area (Å²) in [6, 6.07) is 3.41. The fourth-order valence-corrected chi connectivity index (χ4v) is 3.79. The molecule has 0 aromatic carbocycles. The summed E-state index contributed by atoms with van der Waals surface area (Å²) in [5.41, 5.74) is 0. The molecule has 0 saturated carbocycles. The number of piperidine rings is 1. The smallest absolute Gasteiger partial charge is 0.289 e. The van der Waals surface area contributed by atoms with Crippen LogP contribution in [0.3, 0.4) is 0 Å². The van der Waals surface area contributed by atoms with E-state index in [0.717, 1.165) is 12.8 Å². The number of anilines is 1. The minimum absolute atomic E-state index is 0.000730. The van der Waals surface area contributed by atoms with Crippen LogP contribution in [0, 0.1) is 11.8 Å². The largest absolute Gasteiger partial charge is 0.459 e. The normalized spacial score (nSPS) is 20.8. The number of amides is 2. The molecule has 6 nitrogen and oxygen atoms in total. The van der Waals surface area contributed by atoms with E-state index in [2.05, 4.69) is 17.2 Å². The number of aromatic nitrogens is 1. The Kier molecular flexibility index (Phi) is 5.30. The summed E-state index contributed by atoms with van der Waals surface area (Å²) in [7, 11) is 0. The van der Waals surface area contributed by atoms with Crippen LogP contribution in [-0.4, -0.2) is 34.8 Å². The first kappa shape index (κ1) is 16.7. The number of likely N-dealkylation sites (tertiary alicyclic amines) is 1. The van der Waals surface area contributed by atoms with Crippen molar-refractivity contribution in [2.45, 2.75) is 26.2 Å². The highest BCUT2D eigenvalue weighted by atomic mass is 32.1. The van der Waals surface area contributed by atoms with Gasteiger partial charge in [0.05, 0.1) is 6.26 Å². The number of furan rings is 1. The van der Waals surface area contributed by atoms with Crippen molar-refractivity contribution in [1.29, 1.82) is 0 Å². The van der Waals surface area contributed by atoms with E-state index < -0.39 is 0 Å². The number of nitrogens with one attached hydrogen (secondary N) is 1. The Morgan fingerprint density at radius 3 is 3.00 bits per heavy atom. The Labute approximate surface area is 144 Å². The first-order valence-electron chi connectivity index (χ1n) is 8.19. The number of hydrogen-bond donors (Lipinski definition) is 1. The van der Waals surface area contributed by atoms with E-state index in [9.17, 15) is 9.59 Å². The highest BCUT2D eigenvalue weighted by Gasteiger charge is 2.32. The molecule has 24 heavy (non-hydrogen) atoms. The first-order valence-corrected chi connectivity index (χ1v) is 9.07. The van der Waals surface area contributed by atoms with Gasteiger partial charge in [0.25, 0.3) is 5.91 Å². The van der Waals surface area contributed by atoms with E-state index in [4.69, 9.17) is 4.42 Å². The minimum Gasteiger partial charge on any atom is -0.459 e. The third kappa shape index (κ3) is 3.84. The Hall–Kier alpha value is -2.15. The molecule has 0 bridgehead atoms. The van der Waals surface area contributed by atoms with Crippen LogP contribution in [-0.2, 0) is 4.79 Å². The fraction of sp³-hybridized carbons (Fsp3) is 0.471. The second-order valence-electron chi connectivity index (χ2n) is 6.04. The molecule has 0 spiro atoms. The zero-order valence-electron chi connectivity index (χ0n) is 13.6. The van der Waals surface area contributed by atoms with Gasteiger partial charge in [0.1, 0.15) is 0 Å². The summed E-state index contributed by atoms with van der Waals surface area (Å²) in [4.78, 5) is 30.5. The zero-order chi connectivity index (χ0) is 16.9. The lowest BCUT2D eigenvalue weighted by Gasteiger charge is -2.37. The Balaban J connectivity index is 1.57. The molecule has 128 valence electrons. The van der Waals surface area contributed by atoms with Gasteiger partial charge < -0.3 is 14.6 Å². The highest BCUT2D eigenvalue weighted by Crippen LogP contribution is 2.30. The predicted octanol–water partition coefficient (Wildman–Crippen LogP) is 3.25. The molecule has 3 heterocycles. The first-order chi connectivity index (χ1) is 11.7. The maximum absolute atomic E-state index is 12.4. The summed E-state index contributed by atoms with van der Waals surface area (Å²) in [5.74, 6) is 0.920. The van der Waals surface area contributed by atoms with Crippen LogP contribution < -0.4 is 5.32 Å². The number of nitrogens with zero attached hydrogens (tertiary/aromatic N) is 2. The third-order valence-corrected chi connectivity index (χ3v) is 5.25. The number of thiazole rings is 1. The fourth-order valence-electron chi connectivity index (χ4n) is 3.25. The van der Waals surface area contributed by atoms with Crippen molar-refractivity contribution in [1.82, 2.24) is 9.88 Å². The van der Waals surface area contributed by atoms with Crippen molar-refractivity contribution in [2.75, 3.05) is 18.4 Å². The van der Waals surface area contributed by atoms with E-state index in [1.165, 1.54) is 17.6 Å². The van der Waals surface area contributed by atoms with Crippen LogP contribution in [0.2, 0.25) is 0 Å². The second-order valence-corrected chi connectivity index (χ2v) is 6.93. The van der Waals surface area contributed by atoms with Crippen LogP contribution in [0.15, 0.2) is 34.4 Å². The summed E-state index contributed by atoms with van der Waals surface area (Å²) in [6.07, 6.45) is 5.43. The zero-order valence-corrected chi connectivity index (χ0v) is 14.4. The molecule has 1 fully saturated rings. The van der Waals surface area contributed by atoms with Gasteiger partial charge in [-0.05, 0) is 30.4 Å². The second kappa shape index (κ2) is 7.61. The summed E-state index contributed by atoms with van der Waals surface area (Å²) >= 11 is 1.42. The molecule has 2 atom stereocenters. The number of rotatable bonds is 5. The Morgan fingerprint density at radius 2 is 2.33 bits per heavy atom. The number of carbonyl (C=O) groups is 2. The van der Waals surface area contributed by atoms with Crippen LogP contribution in [0.25, 0.3) is 0 Å². The Bertz CT molecular complexity index is 669. The molecule has 0 unspecified atom stereocenters. The SMILES string of the molecule is CC[C@@H]1CN(C(=O)c2ccco2)CC[C@H]1CC(=O)Nc1nccs1. The number of hydrogen-bond acceptors (Lipinski definition) is 5. The van der Waals surface area contributed by atoms with Crippen LogP contribution in [0.5, 0.6) is 0 Å². The van der Waals surface area contributed by atoms with E-state index in [1.54, 1.807) is 18.3 Å². The molecule has 2 aromatic rings. The minimum atomic E-state index is -0.0656. The van der Waals surface area contributed by atoms with Crippen molar-refractivity contribution in [2.24, 2.45) is 11.8 Å². The molecule has 0 radical (unpaired) electrons. The monoisotopic (exact) mass is 347 g/mol. The lowest BCUT2D eigenvalue weighted by molar-refractivity contribution is -0.117. The average Bonchev–Trinajstić information content (AvgIpc) is 3.28. The third-order valence-electron chi connectivity index (χ3n) is 4.56. The van der Waals surface area contributed by atoms with Gasteiger partial charge in [0.15, 0.2) is 10.9 Å². The molecule has 2 aromatic heterocycles. The maximum Gasteiger partial charge on any atom is 0.289 e. The van der Waals surface area contributed by atoms with Crippen molar-refractivity contribution in [3.8, 4) is 0 Å². The summed E-state index contributed by atoms with van der Waals surface area (Å²) < 4.78 is 5.21. The van der Waals surface area contributed by atoms with E-state index in [1.807, 2.05) is 10.3 Å². The highest BCUT2D eigenvalue weighted by molar-refractivity contribution is 7.13. The van der Waals surface area contributed by atoms with Crippen LogP contribution >= 0.6 is 11.3 Å². The van der Waals surface area contributed by atoms with Gasteiger partial charge in [0, 0.05) is 31.1 Å². The van der Waals surface area contributed by atoms with Gasteiger partial charge >= 0.3 is 0 Å². The van der Waals surface area contributed by atoms with Gasteiger partial charge in [-0.25, -0.2) is 4.98 Å². The van der Waals surface area contributed by atoms with E-state index >= 15 is 0 Å². The quantitative estimate of drug-likeness (QED) is 0.901. The van der Waals surface area contributed by atoms with Gasteiger partial charge in [-0.1, -0.05) is 13.3 Å². The molecule has 0 aliphatic carbocycles.